The maximum Gasteiger partial charge on any atom is 0.155 e. The van der Waals surface area contributed by atoms with Crippen LogP contribution in [0.2, 0.25) is 10.0 Å². The second kappa shape index (κ2) is 6.42. The third-order valence-corrected chi connectivity index (χ3v) is 5.53. The van der Waals surface area contributed by atoms with E-state index in [0.717, 1.165) is 36.8 Å². The second-order valence-electron chi connectivity index (χ2n) is 6.35. The molecule has 2 heterocycles. The van der Waals surface area contributed by atoms with Crippen LogP contribution >= 0.6 is 23.2 Å². The Morgan fingerprint density at radius 3 is 2.57 bits per heavy atom. The third kappa shape index (κ3) is 3.00. The lowest BCUT2D eigenvalue weighted by Gasteiger charge is -2.26. The minimum Gasteiger partial charge on any atom is -0.379 e. The van der Waals surface area contributed by atoms with Crippen LogP contribution in [-0.2, 0) is 11.2 Å². The minimum absolute atomic E-state index is 0.313. The first-order valence-corrected chi connectivity index (χ1v) is 8.94. The molecule has 0 radical (unpaired) electrons. The quantitative estimate of drug-likeness (QED) is 0.819. The van der Waals surface area contributed by atoms with Gasteiger partial charge in [0.15, 0.2) is 5.82 Å². The maximum atomic E-state index is 6.29. The molecule has 6 heteroatoms. The molecule has 0 amide bonds. The molecule has 1 saturated heterocycles. The minimum atomic E-state index is 0.313. The number of hydrogen-bond donors (Lipinski definition) is 0. The summed E-state index contributed by atoms with van der Waals surface area (Å²) in [5.74, 6) is 2.46. The molecular formula is C17H19Cl2N3O. The lowest BCUT2D eigenvalue weighted by atomic mass is 9.84. The van der Waals surface area contributed by atoms with Gasteiger partial charge in [0.2, 0.25) is 0 Å². The van der Waals surface area contributed by atoms with Crippen molar-refractivity contribution in [1.82, 2.24) is 14.8 Å². The van der Waals surface area contributed by atoms with Gasteiger partial charge in [0, 0.05) is 29.0 Å². The Kier molecular flexibility index (Phi) is 4.31. The van der Waals surface area contributed by atoms with Crippen LogP contribution < -0.4 is 0 Å². The topological polar surface area (TPSA) is 39.9 Å². The molecule has 1 aliphatic heterocycles. The fourth-order valence-electron chi connectivity index (χ4n) is 3.24. The molecule has 1 atom stereocenters. The van der Waals surface area contributed by atoms with Crippen molar-refractivity contribution >= 4 is 23.2 Å². The number of rotatable bonds is 4. The van der Waals surface area contributed by atoms with Crippen molar-refractivity contribution in [1.29, 1.82) is 0 Å². The van der Waals surface area contributed by atoms with Crippen LogP contribution in [0, 0.1) is 0 Å². The van der Waals surface area contributed by atoms with E-state index in [4.69, 9.17) is 38.0 Å². The average Bonchev–Trinajstić information content (AvgIpc) is 3.10. The number of nitrogens with zero attached hydrogens (tertiary/aromatic N) is 3. The lowest BCUT2D eigenvalue weighted by molar-refractivity contribution is 0.182. The Morgan fingerprint density at radius 2 is 1.96 bits per heavy atom. The molecule has 2 aliphatic rings. The van der Waals surface area contributed by atoms with Gasteiger partial charge in [-0.3, -0.25) is 0 Å². The van der Waals surface area contributed by atoms with Gasteiger partial charge in [-0.2, -0.15) is 5.10 Å². The van der Waals surface area contributed by atoms with Gasteiger partial charge in [0.1, 0.15) is 5.82 Å². The van der Waals surface area contributed by atoms with Gasteiger partial charge in [0.05, 0.1) is 12.6 Å². The second-order valence-corrected chi connectivity index (χ2v) is 7.17. The molecule has 0 N–H and O–H groups in total. The Morgan fingerprint density at radius 1 is 1.17 bits per heavy atom. The summed E-state index contributed by atoms with van der Waals surface area (Å²) in [5.41, 5.74) is 0.899. The Hall–Kier alpha value is -1.10. The van der Waals surface area contributed by atoms with Gasteiger partial charge in [-0.15, -0.1) is 0 Å². The highest BCUT2D eigenvalue weighted by atomic mass is 35.5. The first kappa shape index (κ1) is 15.4. The van der Waals surface area contributed by atoms with Crippen LogP contribution in [0.25, 0.3) is 0 Å². The monoisotopic (exact) mass is 351 g/mol. The maximum absolute atomic E-state index is 6.29. The SMILES string of the molecule is Clc1cccc(Cl)c1Cc1nc(C2CCC2)n(C2CCOC2)n1. The molecule has 1 aromatic carbocycles. The van der Waals surface area contributed by atoms with Crippen molar-refractivity contribution in [3.8, 4) is 0 Å². The van der Waals surface area contributed by atoms with Gasteiger partial charge < -0.3 is 4.74 Å². The largest absolute Gasteiger partial charge is 0.379 e. The summed E-state index contributed by atoms with van der Waals surface area (Å²) in [4.78, 5) is 4.83. The molecule has 2 aromatic rings. The van der Waals surface area contributed by atoms with Crippen LogP contribution in [0.1, 0.15) is 54.9 Å². The first-order chi connectivity index (χ1) is 11.2. The van der Waals surface area contributed by atoms with Gasteiger partial charge >= 0.3 is 0 Å². The Balaban J connectivity index is 1.66. The van der Waals surface area contributed by atoms with Crippen LogP contribution in [0.5, 0.6) is 0 Å². The van der Waals surface area contributed by atoms with Crippen molar-refractivity contribution in [2.75, 3.05) is 13.2 Å². The Labute approximate surface area is 145 Å². The van der Waals surface area contributed by atoms with Gasteiger partial charge in [0.25, 0.3) is 0 Å². The number of benzene rings is 1. The summed E-state index contributed by atoms with van der Waals surface area (Å²) in [6.45, 7) is 1.54. The predicted molar refractivity (Wildman–Crippen MR) is 90.4 cm³/mol. The van der Waals surface area contributed by atoms with Crippen LogP contribution in [0.4, 0.5) is 0 Å². The van der Waals surface area contributed by atoms with E-state index >= 15 is 0 Å². The predicted octanol–water partition coefficient (Wildman–Crippen LogP) is 4.40. The van der Waals surface area contributed by atoms with E-state index in [2.05, 4.69) is 4.68 Å². The number of halogens is 2. The summed E-state index contributed by atoms with van der Waals surface area (Å²) >= 11 is 12.6. The standard InChI is InChI=1S/C17H19Cl2N3O/c18-14-5-2-6-15(19)13(14)9-16-20-17(11-3-1-4-11)22(21-16)12-7-8-23-10-12/h2,5-6,11-12H,1,3-4,7-10H2. The molecule has 23 heavy (non-hydrogen) atoms. The normalized spacial score (nSPS) is 21.6. The van der Waals surface area contributed by atoms with E-state index in [9.17, 15) is 0 Å². The van der Waals surface area contributed by atoms with E-state index in [0.29, 0.717) is 28.4 Å². The fraction of sp³-hybridized carbons (Fsp3) is 0.529. The summed E-state index contributed by atoms with van der Waals surface area (Å²) < 4.78 is 7.64. The lowest BCUT2D eigenvalue weighted by Crippen LogP contribution is -2.20. The Bertz CT molecular complexity index is 686. The number of hydrogen-bond acceptors (Lipinski definition) is 3. The highest BCUT2D eigenvalue weighted by molar-refractivity contribution is 6.36. The molecule has 122 valence electrons. The zero-order chi connectivity index (χ0) is 15.8. The molecule has 1 aliphatic carbocycles. The summed E-state index contributed by atoms with van der Waals surface area (Å²) in [6.07, 6.45) is 5.27. The highest BCUT2D eigenvalue weighted by Crippen LogP contribution is 2.37. The third-order valence-electron chi connectivity index (χ3n) is 4.82. The summed E-state index contributed by atoms with van der Waals surface area (Å²) in [6, 6.07) is 5.89. The summed E-state index contributed by atoms with van der Waals surface area (Å²) in [5, 5.41) is 6.12. The van der Waals surface area contributed by atoms with E-state index in [1.165, 1.54) is 19.3 Å². The van der Waals surface area contributed by atoms with Gasteiger partial charge in [-0.25, -0.2) is 9.67 Å². The van der Waals surface area contributed by atoms with Crippen molar-refractivity contribution in [3.05, 3.63) is 45.5 Å². The number of aromatic nitrogens is 3. The van der Waals surface area contributed by atoms with Crippen molar-refractivity contribution in [3.63, 3.8) is 0 Å². The molecule has 1 saturated carbocycles. The summed E-state index contributed by atoms with van der Waals surface area (Å²) in [7, 11) is 0. The fourth-order valence-corrected chi connectivity index (χ4v) is 3.78. The molecule has 1 aromatic heterocycles. The number of ether oxygens (including phenoxy) is 1. The first-order valence-electron chi connectivity index (χ1n) is 8.18. The van der Waals surface area contributed by atoms with Crippen molar-refractivity contribution in [2.45, 2.75) is 44.1 Å². The van der Waals surface area contributed by atoms with E-state index in [1.54, 1.807) is 0 Å². The molecule has 4 nitrogen and oxygen atoms in total. The van der Waals surface area contributed by atoms with Gasteiger partial charge in [-0.1, -0.05) is 35.7 Å². The van der Waals surface area contributed by atoms with E-state index in [-0.39, 0.29) is 0 Å². The van der Waals surface area contributed by atoms with Crippen LogP contribution in [-0.4, -0.2) is 28.0 Å². The van der Waals surface area contributed by atoms with Gasteiger partial charge in [-0.05, 0) is 37.0 Å². The van der Waals surface area contributed by atoms with E-state index in [1.807, 2.05) is 18.2 Å². The van der Waals surface area contributed by atoms with Crippen molar-refractivity contribution in [2.24, 2.45) is 0 Å². The molecule has 0 spiro atoms. The molecule has 1 unspecified atom stereocenters. The average molecular weight is 352 g/mol. The molecule has 2 fully saturated rings. The zero-order valence-corrected chi connectivity index (χ0v) is 14.4. The van der Waals surface area contributed by atoms with Crippen molar-refractivity contribution < 1.29 is 4.74 Å². The van der Waals surface area contributed by atoms with Crippen LogP contribution in [0.3, 0.4) is 0 Å². The van der Waals surface area contributed by atoms with Crippen LogP contribution in [0.15, 0.2) is 18.2 Å². The molecular weight excluding hydrogens is 333 g/mol. The zero-order valence-electron chi connectivity index (χ0n) is 12.8. The highest BCUT2D eigenvalue weighted by Gasteiger charge is 2.30. The smallest absolute Gasteiger partial charge is 0.155 e. The van der Waals surface area contributed by atoms with E-state index < -0.39 is 0 Å². The molecule has 0 bridgehead atoms. The molecule has 4 rings (SSSR count).